The molecule has 0 heterocycles. The number of halogens is 1. The van der Waals surface area contributed by atoms with Crippen molar-refractivity contribution in [3.63, 3.8) is 0 Å². The van der Waals surface area contributed by atoms with Gasteiger partial charge in [-0.15, -0.1) is 0 Å². The van der Waals surface area contributed by atoms with Gasteiger partial charge >= 0.3 is 0 Å². The Morgan fingerprint density at radius 2 is 2.12 bits per heavy atom. The average molecular weight is 297 g/mol. The predicted octanol–water partition coefficient (Wildman–Crippen LogP) is 2.34. The number of nitrogens with zero attached hydrogens (tertiary/aromatic N) is 1. The third-order valence-electron chi connectivity index (χ3n) is 1.80. The highest BCUT2D eigenvalue weighted by Gasteiger charge is 1.92. The maximum atomic E-state index is 10.4. The molecule has 1 rings (SSSR count). The Hall–Kier alpha value is -1.62. The lowest BCUT2D eigenvalue weighted by atomic mass is 10.2. The van der Waals surface area contributed by atoms with Gasteiger partial charge < -0.3 is 10.6 Å². The van der Waals surface area contributed by atoms with Crippen molar-refractivity contribution in [3.8, 4) is 0 Å². The van der Waals surface area contributed by atoms with Gasteiger partial charge in [-0.05, 0) is 30.7 Å². The third-order valence-corrected chi connectivity index (χ3v) is 2.33. The van der Waals surface area contributed by atoms with Crippen LogP contribution in [0.3, 0.4) is 0 Å². The lowest BCUT2D eigenvalue weighted by Crippen LogP contribution is -2.16. The molecule has 0 bridgehead atoms. The van der Waals surface area contributed by atoms with Gasteiger partial charge in [0.25, 0.3) is 5.91 Å². The molecule has 0 aliphatic rings. The van der Waals surface area contributed by atoms with Crippen molar-refractivity contribution < 1.29 is 9.63 Å². The average Bonchev–Trinajstić information content (AvgIpc) is 2.28. The Morgan fingerprint density at radius 1 is 1.47 bits per heavy atom. The van der Waals surface area contributed by atoms with Gasteiger partial charge in [0.1, 0.15) is 0 Å². The first kappa shape index (κ1) is 13.4. The third kappa shape index (κ3) is 5.87. The van der Waals surface area contributed by atoms with Crippen LogP contribution in [-0.2, 0) is 9.63 Å². The fraction of sp³-hybridized carbons (Fsp3) is 0.167. The molecule has 0 saturated heterocycles. The van der Waals surface area contributed by atoms with Crippen molar-refractivity contribution in [1.82, 2.24) is 0 Å². The fourth-order valence-electron chi connectivity index (χ4n) is 1.02. The zero-order chi connectivity index (χ0) is 12.7. The quantitative estimate of drug-likeness (QED) is 0.669. The van der Waals surface area contributed by atoms with Crippen molar-refractivity contribution in [2.24, 2.45) is 10.9 Å². The van der Waals surface area contributed by atoms with Crippen LogP contribution in [-0.4, -0.2) is 18.2 Å². The summed E-state index contributed by atoms with van der Waals surface area (Å²) in [5, 5.41) is 3.72. The van der Waals surface area contributed by atoms with E-state index in [9.17, 15) is 4.79 Å². The molecular weight excluding hydrogens is 284 g/mol. The summed E-state index contributed by atoms with van der Waals surface area (Å²) < 4.78 is 1.03. The van der Waals surface area contributed by atoms with Gasteiger partial charge in [-0.2, -0.15) is 0 Å². The molecule has 1 amide bonds. The summed E-state index contributed by atoms with van der Waals surface area (Å²) in [6.45, 7) is 1.57. The van der Waals surface area contributed by atoms with Gasteiger partial charge in [-0.3, -0.25) is 4.79 Å². The molecule has 17 heavy (non-hydrogen) atoms. The monoisotopic (exact) mass is 296 g/mol. The Labute approximate surface area is 108 Å². The zero-order valence-electron chi connectivity index (χ0n) is 9.39. The van der Waals surface area contributed by atoms with Gasteiger partial charge in [-0.25, -0.2) is 0 Å². The number of hydrogen-bond acceptors (Lipinski definition) is 3. The van der Waals surface area contributed by atoms with Crippen molar-refractivity contribution >= 4 is 33.6 Å². The molecule has 2 N–H and O–H groups in total. The summed E-state index contributed by atoms with van der Waals surface area (Å²) >= 11 is 3.36. The topological polar surface area (TPSA) is 64.7 Å². The minimum absolute atomic E-state index is 0.205. The molecule has 0 spiro atoms. The number of benzene rings is 1. The normalized spacial score (nSPS) is 11.8. The minimum Gasteiger partial charge on any atom is -0.385 e. The summed E-state index contributed by atoms with van der Waals surface area (Å²) in [6.07, 6.45) is 3.70. The van der Waals surface area contributed by atoms with Gasteiger partial charge in [0, 0.05) is 4.47 Å². The SMILES string of the molecule is CC(/C=C/c1ccc(Br)cc1)=N\OCC(N)=O. The molecule has 0 radical (unpaired) electrons. The lowest BCUT2D eigenvalue weighted by molar-refractivity contribution is -0.122. The molecule has 0 unspecified atom stereocenters. The number of nitrogens with two attached hydrogens (primary N) is 1. The van der Waals surface area contributed by atoms with E-state index in [2.05, 4.69) is 21.1 Å². The first-order valence-corrected chi connectivity index (χ1v) is 5.76. The van der Waals surface area contributed by atoms with E-state index in [1.54, 1.807) is 13.0 Å². The van der Waals surface area contributed by atoms with Crippen LogP contribution in [0, 0.1) is 0 Å². The molecule has 0 aliphatic carbocycles. The number of hydrogen-bond donors (Lipinski definition) is 1. The van der Waals surface area contributed by atoms with Crippen LogP contribution in [0.1, 0.15) is 12.5 Å². The molecule has 1 aromatic carbocycles. The second-order valence-corrected chi connectivity index (χ2v) is 4.27. The van der Waals surface area contributed by atoms with Gasteiger partial charge in [0.05, 0.1) is 5.71 Å². The van der Waals surface area contributed by atoms with Crippen LogP contribution < -0.4 is 5.73 Å². The second kappa shape index (κ2) is 6.85. The number of oxime groups is 1. The Balaban J connectivity index is 2.52. The number of carbonyl (C=O) groups is 1. The number of primary amides is 1. The number of amides is 1. The molecule has 5 heteroatoms. The van der Waals surface area contributed by atoms with Crippen molar-refractivity contribution in [2.75, 3.05) is 6.61 Å². The molecule has 0 fully saturated rings. The number of rotatable bonds is 5. The standard InChI is InChI=1S/C12H13BrN2O2/c1-9(15-17-8-12(14)16)2-3-10-4-6-11(13)7-5-10/h2-7H,8H2,1H3,(H2,14,16)/b3-2+,15-9+. The van der Waals surface area contributed by atoms with Crippen LogP contribution in [0.5, 0.6) is 0 Å². The molecule has 0 aromatic heterocycles. The molecule has 0 saturated carbocycles. The van der Waals surface area contributed by atoms with Gasteiger partial charge in [0.2, 0.25) is 0 Å². The maximum absolute atomic E-state index is 10.4. The van der Waals surface area contributed by atoms with Crippen LogP contribution in [0.15, 0.2) is 40.0 Å². The summed E-state index contributed by atoms with van der Waals surface area (Å²) in [6, 6.07) is 7.85. The van der Waals surface area contributed by atoms with E-state index in [1.165, 1.54) is 0 Å². The van der Waals surface area contributed by atoms with E-state index in [-0.39, 0.29) is 6.61 Å². The van der Waals surface area contributed by atoms with Crippen molar-refractivity contribution in [3.05, 3.63) is 40.4 Å². The minimum atomic E-state index is -0.543. The smallest absolute Gasteiger partial charge is 0.258 e. The highest BCUT2D eigenvalue weighted by atomic mass is 79.9. The molecule has 4 nitrogen and oxygen atoms in total. The highest BCUT2D eigenvalue weighted by molar-refractivity contribution is 9.10. The first-order chi connectivity index (χ1) is 8.08. The predicted molar refractivity (Wildman–Crippen MR) is 71.4 cm³/mol. The lowest BCUT2D eigenvalue weighted by Gasteiger charge is -1.96. The summed E-state index contributed by atoms with van der Waals surface area (Å²) in [5.41, 5.74) is 6.62. The van der Waals surface area contributed by atoms with E-state index < -0.39 is 5.91 Å². The van der Waals surface area contributed by atoms with Crippen LogP contribution in [0.4, 0.5) is 0 Å². The van der Waals surface area contributed by atoms with E-state index in [0.717, 1.165) is 10.0 Å². The molecule has 0 atom stereocenters. The molecule has 90 valence electrons. The Bertz CT molecular complexity index is 438. The second-order valence-electron chi connectivity index (χ2n) is 3.36. The van der Waals surface area contributed by atoms with Crippen molar-refractivity contribution in [2.45, 2.75) is 6.92 Å². The van der Waals surface area contributed by atoms with Gasteiger partial charge in [-0.1, -0.05) is 39.3 Å². The van der Waals surface area contributed by atoms with E-state index in [1.807, 2.05) is 30.3 Å². The van der Waals surface area contributed by atoms with Crippen LogP contribution >= 0.6 is 15.9 Å². The highest BCUT2D eigenvalue weighted by Crippen LogP contribution is 2.11. The summed E-state index contributed by atoms with van der Waals surface area (Å²) in [7, 11) is 0. The van der Waals surface area contributed by atoms with Crippen molar-refractivity contribution in [1.29, 1.82) is 0 Å². The molecular formula is C12H13BrN2O2. The van der Waals surface area contributed by atoms with E-state index in [0.29, 0.717) is 5.71 Å². The number of carbonyl (C=O) groups excluding carboxylic acids is 1. The summed E-state index contributed by atoms with van der Waals surface area (Å²) in [5.74, 6) is -0.543. The molecule has 1 aromatic rings. The van der Waals surface area contributed by atoms with Crippen LogP contribution in [0.25, 0.3) is 6.08 Å². The number of allylic oxidation sites excluding steroid dienone is 1. The van der Waals surface area contributed by atoms with Gasteiger partial charge in [0.15, 0.2) is 6.61 Å². The maximum Gasteiger partial charge on any atom is 0.258 e. The largest absolute Gasteiger partial charge is 0.385 e. The zero-order valence-corrected chi connectivity index (χ0v) is 11.0. The first-order valence-electron chi connectivity index (χ1n) is 4.96. The Morgan fingerprint density at radius 3 is 2.71 bits per heavy atom. The Kier molecular flexibility index (Phi) is 5.42. The fourth-order valence-corrected chi connectivity index (χ4v) is 1.28. The van der Waals surface area contributed by atoms with E-state index in [4.69, 9.17) is 10.6 Å². The van der Waals surface area contributed by atoms with E-state index >= 15 is 0 Å². The summed E-state index contributed by atoms with van der Waals surface area (Å²) in [4.78, 5) is 15.1. The van der Waals surface area contributed by atoms with Crippen LogP contribution in [0.2, 0.25) is 0 Å². The molecule has 0 aliphatic heterocycles.